The summed E-state index contributed by atoms with van der Waals surface area (Å²) < 4.78 is 2.10. The van der Waals surface area contributed by atoms with Gasteiger partial charge in [0.2, 0.25) is 0 Å². The van der Waals surface area contributed by atoms with Crippen LogP contribution in [0.2, 0.25) is 0 Å². The molecule has 1 aromatic heterocycles. The van der Waals surface area contributed by atoms with Crippen LogP contribution in [0, 0.1) is 11.3 Å². The third-order valence-corrected chi connectivity index (χ3v) is 3.42. The van der Waals surface area contributed by atoms with Crippen LogP contribution in [0.15, 0.2) is 18.2 Å². The minimum absolute atomic E-state index is 0.394. The molecule has 0 aliphatic rings. The smallest absolute Gasteiger partial charge is 0.124 e. The Morgan fingerprint density at radius 1 is 1.53 bits per heavy atom. The molecule has 2 aromatic rings. The van der Waals surface area contributed by atoms with E-state index in [0.717, 1.165) is 29.2 Å². The molecule has 0 spiro atoms. The van der Waals surface area contributed by atoms with Crippen LogP contribution in [-0.2, 0) is 12.4 Å². The molecule has 3 nitrogen and oxygen atoms in total. The molecular formula is C12H12ClN3S. The predicted molar refractivity (Wildman–Crippen MR) is 72.4 cm³/mol. The van der Waals surface area contributed by atoms with Gasteiger partial charge in [0.1, 0.15) is 5.82 Å². The number of hydrogen-bond acceptors (Lipinski definition) is 3. The Balaban J connectivity index is 2.55. The molecule has 0 N–H and O–H groups in total. The Kier molecular flexibility index (Phi) is 3.93. The van der Waals surface area contributed by atoms with Crippen molar-refractivity contribution in [1.29, 1.82) is 5.26 Å². The fourth-order valence-corrected chi connectivity index (χ4v) is 2.35. The second-order valence-electron chi connectivity index (χ2n) is 3.62. The second-order valence-corrected chi connectivity index (χ2v) is 4.87. The van der Waals surface area contributed by atoms with Crippen molar-refractivity contribution >= 4 is 34.4 Å². The number of fused-ring (bicyclic) bond motifs is 1. The summed E-state index contributed by atoms with van der Waals surface area (Å²) in [5, 5.41) is 8.92. The van der Waals surface area contributed by atoms with Crippen molar-refractivity contribution in [1.82, 2.24) is 9.55 Å². The Hall–Kier alpha value is -1.18. The molecule has 0 saturated heterocycles. The Bertz CT molecular complexity index is 571. The van der Waals surface area contributed by atoms with Gasteiger partial charge in [0.05, 0.1) is 28.5 Å². The summed E-state index contributed by atoms with van der Waals surface area (Å²) in [4.78, 5) is 4.47. The van der Waals surface area contributed by atoms with Gasteiger partial charge < -0.3 is 4.57 Å². The first-order chi connectivity index (χ1) is 8.30. The zero-order valence-corrected chi connectivity index (χ0v) is 11.1. The van der Waals surface area contributed by atoms with Gasteiger partial charge in [0, 0.05) is 12.3 Å². The molecule has 0 saturated carbocycles. The van der Waals surface area contributed by atoms with Crippen molar-refractivity contribution in [3.05, 3.63) is 29.6 Å². The predicted octanol–water partition coefficient (Wildman–Crippen LogP) is 3.01. The van der Waals surface area contributed by atoms with Crippen molar-refractivity contribution < 1.29 is 0 Å². The van der Waals surface area contributed by atoms with Crippen molar-refractivity contribution in [2.45, 2.75) is 12.4 Å². The van der Waals surface area contributed by atoms with Crippen LogP contribution < -0.4 is 0 Å². The lowest BCUT2D eigenvalue weighted by Crippen LogP contribution is -2.04. The van der Waals surface area contributed by atoms with E-state index in [1.165, 1.54) is 0 Å². The molecule has 1 aromatic carbocycles. The van der Waals surface area contributed by atoms with Crippen molar-refractivity contribution in [2.24, 2.45) is 0 Å². The molecule has 0 aliphatic carbocycles. The van der Waals surface area contributed by atoms with E-state index in [4.69, 9.17) is 16.9 Å². The Morgan fingerprint density at radius 2 is 2.35 bits per heavy atom. The summed E-state index contributed by atoms with van der Waals surface area (Å²) in [5.74, 6) is 2.27. The summed E-state index contributed by atoms with van der Waals surface area (Å²) in [7, 11) is 0. The van der Waals surface area contributed by atoms with Crippen molar-refractivity contribution in [3.63, 3.8) is 0 Å². The number of hydrogen-bond donors (Lipinski definition) is 0. The number of alkyl halides is 1. The zero-order chi connectivity index (χ0) is 12.3. The maximum atomic E-state index is 8.92. The highest BCUT2D eigenvalue weighted by molar-refractivity contribution is 7.98. The molecule has 0 amide bonds. The van der Waals surface area contributed by atoms with Crippen LogP contribution in [0.3, 0.4) is 0 Å². The lowest BCUT2D eigenvalue weighted by Gasteiger charge is -2.06. The average molecular weight is 266 g/mol. The quantitative estimate of drug-likeness (QED) is 0.798. The number of rotatable bonds is 4. The van der Waals surface area contributed by atoms with E-state index in [1.54, 1.807) is 17.8 Å². The van der Waals surface area contributed by atoms with Gasteiger partial charge in [-0.25, -0.2) is 4.98 Å². The molecule has 2 rings (SSSR count). The van der Waals surface area contributed by atoms with Crippen LogP contribution in [0.25, 0.3) is 11.0 Å². The molecule has 0 unspecified atom stereocenters. The first-order valence-electron chi connectivity index (χ1n) is 5.24. The molecule has 17 heavy (non-hydrogen) atoms. The molecule has 0 aliphatic heterocycles. The van der Waals surface area contributed by atoms with Crippen LogP contribution in [0.1, 0.15) is 11.4 Å². The van der Waals surface area contributed by atoms with Gasteiger partial charge in [0.25, 0.3) is 0 Å². The number of nitriles is 1. The summed E-state index contributed by atoms with van der Waals surface area (Å²) in [6, 6.07) is 7.68. The summed E-state index contributed by atoms with van der Waals surface area (Å²) in [6.07, 6.45) is 2.07. The molecule has 88 valence electrons. The van der Waals surface area contributed by atoms with E-state index in [2.05, 4.69) is 21.9 Å². The van der Waals surface area contributed by atoms with Crippen LogP contribution in [0.4, 0.5) is 0 Å². The molecule has 5 heteroatoms. The molecule has 0 bridgehead atoms. The monoisotopic (exact) mass is 265 g/mol. The number of nitrogens with zero attached hydrogens (tertiary/aromatic N) is 3. The van der Waals surface area contributed by atoms with Crippen molar-refractivity contribution in [2.75, 3.05) is 12.0 Å². The SMILES string of the molecule is CSCCn1c(CCl)nc2ccc(C#N)cc21. The van der Waals surface area contributed by atoms with Gasteiger partial charge in [-0.1, -0.05) is 0 Å². The highest BCUT2D eigenvalue weighted by Gasteiger charge is 2.10. The first kappa shape index (κ1) is 12.3. The highest BCUT2D eigenvalue weighted by atomic mass is 35.5. The minimum Gasteiger partial charge on any atom is -0.326 e. The second kappa shape index (κ2) is 5.44. The average Bonchev–Trinajstić information content (AvgIpc) is 2.73. The van der Waals surface area contributed by atoms with E-state index in [1.807, 2.05) is 12.1 Å². The fraction of sp³-hybridized carbons (Fsp3) is 0.333. The van der Waals surface area contributed by atoms with Crippen LogP contribution in [-0.4, -0.2) is 21.6 Å². The largest absolute Gasteiger partial charge is 0.326 e. The van der Waals surface area contributed by atoms with Crippen molar-refractivity contribution in [3.8, 4) is 6.07 Å². The topological polar surface area (TPSA) is 41.6 Å². The number of aromatic nitrogens is 2. The number of aryl methyl sites for hydroxylation is 1. The maximum absolute atomic E-state index is 8.92. The molecule has 1 heterocycles. The lowest BCUT2D eigenvalue weighted by atomic mass is 10.2. The maximum Gasteiger partial charge on any atom is 0.124 e. The molecule has 0 radical (unpaired) electrons. The van der Waals surface area contributed by atoms with Gasteiger partial charge in [0.15, 0.2) is 0 Å². The third-order valence-electron chi connectivity index (χ3n) is 2.59. The third kappa shape index (κ3) is 2.41. The van der Waals surface area contributed by atoms with E-state index in [-0.39, 0.29) is 0 Å². The fourth-order valence-electron chi connectivity index (χ4n) is 1.78. The molecule has 0 fully saturated rings. The normalized spacial score (nSPS) is 10.6. The van der Waals surface area contributed by atoms with Crippen LogP contribution in [0.5, 0.6) is 0 Å². The highest BCUT2D eigenvalue weighted by Crippen LogP contribution is 2.19. The Labute approximate surface area is 109 Å². The summed E-state index contributed by atoms with van der Waals surface area (Å²) >= 11 is 7.68. The summed E-state index contributed by atoms with van der Waals surface area (Å²) in [6.45, 7) is 0.870. The van der Waals surface area contributed by atoms with Gasteiger partial charge in [-0.2, -0.15) is 17.0 Å². The zero-order valence-electron chi connectivity index (χ0n) is 9.48. The van der Waals surface area contributed by atoms with Gasteiger partial charge in [-0.3, -0.25) is 0 Å². The minimum atomic E-state index is 0.394. The van der Waals surface area contributed by atoms with Crippen LogP contribution >= 0.6 is 23.4 Å². The van der Waals surface area contributed by atoms with E-state index in [0.29, 0.717) is 11.4 Å². The number of imidazole rings is 1. The van der Waals surface area contributed by atoms with Gasteiger partial charge >= 0.3 is 0 Å². The molecular weight excluding hydrogens is 254 g/mol. The standard InChI is InChI=1S/C12H12ClN3S/c1-17-5-4-16-11-6-9(8-14)2-3-10(11)15-12(16)7-13/h2-3,6H,4-5,7H2,1H3. The molecule has 0 atom stereocenters. The summed E-state index contributed by atoms with van der Waals surface area (Å²) in [5.41, 5.74) is 2.55. The number of thioether (sulfide) groups is 1. The number of benzene rings is 1. The Morgan fingerprint density at radius 3 is 3.00 bits per heavy atom. The van der Waals surface area contributed by atoms with E-state index >= 15 is 0 Å². The van der Waals surface area contributed by atoms with Gasteiger partial charge in [-0.15, -0.1) is 11.6 Å². The van der Waals surface area contributed by atoms with Gasteiger partial charge in [-0.05, 0) is 24.5 Å². The van der Waals surface area contributed by atoms with E-state index < -0.39 is 0 Å². The first-order valence-corrected chi connectivity index (χ1v) is 7.17. The number of halogens is 1. The van der Waals surface area contributed by atoms with E-state index in [9.17, 15) is 0 Å². The lowest BCUT2D eigenvalue weighted by molar-refractivity contribution is 0.755.